The molecule has 0 aromatic heterocycles. The number of nitrogens with one attached hydrogen (secondary N) is 1. The van der Waals surface area contributed by atoms with Crippen molar-refractivity contribution in [3.63, 3.8) is 0 Å². The molecule has 0 fully saturated rings. The molecule has 2 N–H and O–H groups in total. The predicted molar refractivity (Wildman–Crippen MR) is 74.2 cm³/mol. The Kier molecular flexibility index (Phi) is 3.78. The predicted octanol–water partition coefficient (Wildman–Crippen LogP) is 2.18. The van der Waals surface area contributed by atoms with Crippen LogP contribution in [0.15, 0.2) is 73.3 Å². The molecular formula is C16H15NO2. The maximum atomic E-state index is 11.6. The third-order valence-corrected chi connectivity index (χ3v) is 2.87. The van der Waals surface area contributed by atoms with Gasteiger partial charge in [-0.3, -0.25) is 4.79 Å². The average Bonchev–Trinajstić information content (AvgIpc) is 2.48. The third-order valence-electron chi connectivity index (χ3n) is 2.87. The van der Waals surface area contributed by atoms with Gasteiger partial charge in [-0.05, 0) is 6.08 Å². The molecule has 0 bridgehead atoms. The number of hydrogen-bond donors (Lipinski definition) is 2. The van der Waals surface area contributed by atoms with E-state index in [2.05, 4.69) is 11.9 Å². The zero-order valence-electron chi connectivity index (χ0n) is 10.4. The molecule has 0 spiro atoms. The minimum Gasteiger partial charge on any atom is -0.363 e. The lowest BCUT2D eigenvalue weighted by molar-refractivity contribution is -0.122. The Morgan fingerprint density at radius 2 is 1.42 bits per heavy atom. The van der Waals surface area contributed by atoms with Crippen LogP contribution < -0.4 is 5.32 Å². The second-order valence-electron chi connectivity index (χ2n) is 4.14. The first-order valence-corrected chi connectivity index (χ1v) is 5.95. The summed E-state index contributed by atoms with van der Waals surface area (Å²) >= 11 is 0. The molecule has 0 atom stereocenters. The highest BCUT2D eigenvalue weighted by molar-refractivity contribution is 5.87. The van der Waals surface area contributed by atoms with Gasteiger partial charge in [0.2, 0.25) is 5.91 Å². The smallest absolute Gasteiger partial charge is 0.246 e. The van der Waals surface area contributed by atoms with E-state index in [9.17, 15) is 9.90 Å². The van der Waals surface area contributed by atoms with Crippen molar-refractivity contribution >= 4 is 5.91 Å². The SMILES string of the molecule is C=CC(=O)NC(O)(c1ccccc1)c1ccccc1. The van der Waals surface area contributed by atoms with Crippen LogP contribution in [-0.4, -0.2) is 11.0 Å². The molecule has 96 valence electrons. The van der Waals surface area contributed by atoms with Crippen molar-refractivity contribution in [1.82, 2.24) is 5.32 Å². The highest BCUT2D eigenvalue weighted by Crippen LogP contribution is 2.26. The highest BCUT2D eigenvalue weighted by atomic mass is 16.3. The summed E-state index contributed by atoms with van der Waals surface area (Å²) in [7, 11) is 0. The zero-order chi connectivity index (χ0) is 13.7. The first-order valence-electron chi connectivity index (χ1n) is 5.95. The van der Waals surface area contributed by atoms with Crippen LogP contribution in [0.4, 0.5) is 0 Å². The standard InChI is InChI=1S/C16H15NO2/c1-2-15(18)17-16(19,13-9-5-3-6-10-13)14-11-7-4-8-12-14/h2-12,19H,1H2,(H,17,18). The molecule has 0 aliphatic rings. The minimum absolute atomic E-state index is 0.435. The van der Waals surface area contributed by atoms with Gasteiger partial charge in [0, 0.05) is 11.1 Å². The van der Waals surface area contributed by atoms with E-state index < -0.39 is 11.6 Å². The Morgan fingerprint density at radius 1 is 1.00 bits per heavy atom. The molecule has 0 saturated carbocycles. The monoisotopic (exact) mass is 253 g/mol. The maximum Gasteiger partial charge on any atom is 0.246 e. The van der Waals surface area contributed by atoms with Gasteiger partial charge in [0.1, 0.15) is 0 Å². The van der Waals surface area contributed by atoms with Crippen molar-refractivity contribution in [2.45, 2.75) is 5.72 Å². The van der Waals surface area contributed by atoms with Crippen molar-refractivity contribution in [2.75, 3.05) is 0 Å². The number of benzene rings is 2. The summed E-state index contributed by atoms with van der Waals surface area (Å²) in [6, 6.07) is 18.0. The molecule has 0 heterocycles. The lowest BCUT2D eigenvalue weighted by atomic mass is 9.94. The Hall–Kier alpha value is -2.39. The van der Waals surface area contributed by atoms with Gasteiger partial charge in [0.25, 0.3) is 0 Å². The van der Waals surface area contributed by atoms with E-state index in [0.29, 0.717) is 11.1 Å². The molecule has 3 nitrogen and oxygen atoms in total. The zero-order valence-corrected chi connectivity index (χ0v) is 10.4. The van der Waals surface area contributed by atoms with E-state index in [1.54, 1.807) is 24.3 Å². The number of aliphatic hydroxyl groups is 1. The number of rotatable bonds is 4. The fourth-order valence-electron chi connectivity index (χ4n) is 1.90. The van der Waals surface area contributed by atoms with E-state index in [1.807, 2.05) is 36.4 Å². The van der Waals surface area contributed by atoms with Crippen LogP contribution in [0, 0.1) is 0 Å². The second-order valence-corrected chi connectivity index (χ2v) is 4.14. The van der Waals surface area contributed by atoms with Crippen LogP contribution in [0.3, 0.4) is 0 Å². The van der Waals surface area contributed by atoms with Crippen LogP contribution in [-0.2, 0) is 10.5 Å². The Labute approximate surface area is 112 Å². The van der Waals surface area contributed by atoms with Crippen molar-refractivity contribution < 1.29 is 9.90 Å². The number of hydrogen-bond acceptors (Lipinski definition) is 2. The fraction of sp³-hybridized carbons (Fsp3) is 0.0625. The van der Waals surface area contributed by atoms with Crippen LogP contribution >= 0.6 is 0 Å². The molecule has 0 aliphatic carbocycles. The third kappa shape index (κ3) is 2.72. The summed E-state index contributed by atoms with van der Waals surface area (Å²) in [5.74, 6) is -0.435. The Morgan fingerprint density at radius 3 is 1.79 bits per heavy atom. The average molecular weight is 253 g/mol. The topological polar surface area (TPSA) is 49.3 Å². The van der Waals surface area contributed by atoms with Crippen LogP contribution in [0.2, 0.25) is 0 Å². The number of amides is 1. The maximum absolute atomic E-state index is 11.6. The van der Waals surface area contributed by atoms with E-state index in [0.717, 1.165) is 6.08 Å². The van der Waals surface area contributed by atoms with Gasteiger partial charge in [0.05, 0.1) is 0 Å². The molecule has 0 aliphatic heterocycles. The van der Waals surface area contributed by atoms with Crippen LogP contribution in [0.5, 0.6) is 0 Å². The molecule has 2 aromatic rings. The van der Waals surface area contributed by atoms with E-state index in [4.69, 9.17) is 0 Å². The molecule has 0 unspecified atom stereocenters. The van der Waals surface area contributed by atoms with Gasteiger partial charge in [-0.1, -0.05) is 67.2 Å². The minimum atomic E-state index is -1.56. The molecule has 2 aromatic carbocycles. The van der Waals surface area contributed by atoms with Crippen molar-refractivity contribution in [1.29, 1.82) is 0 Å². The van der Waals surface area contributed by atoms with Crippen LogP contribution in [0.25, 0.3) is 0 Å². The summed E-state index contributed by atoms with van der Waals surface area (Å²) < 4.78 is 0. The van der Waals surface area contributed by atoms with Gasteiger partial charge in [-0.2, -0.15) is 0 Å². The lowest BCUT2D eigenvalue weighted by Crippen LogP contribution is -2.46. The van der Waals surface area contributed by atoms with Crippen molar-refractivity contribution in [3.05, 3.63) is 84.4 Å². The van der Waals surface area contributed by atoms with Crippen molar-refractivity contribution in [2.24, 2.45) is 0 Å². The summed E-state index contributed by atoms with van der Waals surface area (Å²) in [6.45, 7) is 3.41. The Balaban J connectivity index is 2.50. The largest absolute Gasteiger partial charge is 0.363 e. The summed E-state index contributed by atoms with van der Waals surface area (Å²) in [4.78, 5) is 11.6. The van der Waals surface area contributed by atoms with E-state index >= 15 is 0 Å². The molecular weight excluding hydrogens is 238 g/mol. The molecule has 3 heteroatoms. The van der Waals surface area contributed by atoms with Crippen LogP contribution in [0.1, 0.15) is 11.1 Å². The molecule has 1 amide bonds. The quantitative estimate of drug-likeness (QED) is 0.648. The summed E-state index contributed by atoms with van der Waals surface area (Å²) in [6.07, 6.45) is 1.14. The second kappa shape index (κ2) is 5.50. The summed E-state index contributed by atoms with van der Waals surface area (Å²) in [5, 5.41) is 13.4. The normalized spacial score (nSPS) is 10.8. The van der Waals surface area contributed by atoms with Gasteiger partial charge < -0.3 is 10.4 Å². The first-order chi connectivity index (χ1) is 9.16. The number of carbonyl (C=O) groups excluding carboxylic acids is 1. The molecule has 0 saturated heterocycles. The van der Waals surface area contributed by atoms with Crippen molar-refractivity contribution in [3.8, 4) is 0 Å². The molecule has 19 heavy (non-hydrogen) atoms. The number of carbonyl (C=O) groups is 1. The highest BCUT2D eigenvalue weighted by Gasteiger charge is 2.32. The van der Waals surface area contributed by atoms with Gasteiger partial charge in [-0.15, -0.1) is 0 Å². The van der Waals surface area contributed by atoms with E-state index in [-0.39, 0.29) is 0 Å². The van der Waals surface area contributed by atoms with Gasteiger partial charge in [-0.25, -0.2) is 0 Å². The Bertz CT molecular complexity index is 524. The van der Waals surface area contributed by atoms with Gasteiger partial charge >= 0.3 is 0 Å². The lowest BCUT2D eigenvalue weighted by Gasteiger charge is -2.29. The molecule has 0 radical (unpaired) electrons. The molecule has 2 rings (SSSR count). The fourth-order valence-corrected chi connectivity index (χ4v) is 1.90. The summed E-state index contributed by atoms with van der Waals surface area (Å²) in [5.41, 5.74) is -0.374. The first kappa shape index (κ1) is 13.1. The van der Waals surface area contributed by atoms with Gasteiger partial charge in [0.15, 0.2) is 5.72 Å². The van der Waals surface area contributed by atoms with E-state index in [1.165, 1.54) is 0 Å².